The summed E-state index contributed by atoms with van der Waals surface area (Å²) in [6.45, 7) is 11.6. The topological polar surface area (TPSA) is 61.6 Å². The van der Waals surface area contributed by atoms with Crippen molar-refractivity contribution in [2.75, 3.05) is 7.11 Å². The highest BCUT2D eigenvalue weighted by Crippen LogP contribution is 2.39. The SMILES string of the molecule is COC(=O)C1CCC(c2ncc(CO[Si](C)(C)C(C)(C)C)o2)C1. The molecule has 1 fully saturated rings. The Balaban J connectivity index is 1.93. The predicted molar refractivity (Wildman–Crippen MR) is 90.6 cm³/mol. The number of nitrogens with zero attached hydrogens (tertiary/aromatic N) is 1. The van der Waals surface area contributed by atoms with Gasteiger partial charge in [-0.05, 0) is 37.4 Å². The Kier molecular flexibility index (Phi) is 5.36. The van der Waals surface area contributed by atoms with Gasteiger partial charge >= 0.3 is 5.97 Å². The molecule has 0 radical (unpaired) electrons. The van der Waals surface area contributed by atoms with Gasteiger partial charge in [0.2, 0.25) is 0 Å². The Bertz CT molecular complexity index is 547. The number of oxazole rings is 1. The third-order valence-corrected chi connectivity index (χ3v) is 9.75. The lowest BCUT2D eigenvalue weighted by Gasteiger charge is -2.35. The maximum atomic E-state index is 11.6. The van der Waals surface area contributed by atoms with Crippen molar-refractivity contribution in [3.8, 4) is 0 Å². The van der Waals surface area contributed by atoms with Crippen LogP contribution in [0.15, 0.2) is 10.6 Å². The minimum Gasteiger partial charge on any atom is -0.469 e. The van der Waals surface area contributed by atoms with Gasteiger partial charge in [-0.1, -0.05) is 20.8 Å². The molecule has 0 aliphatic heterocycles. The first-order valence-corrected chi connectivity index (χ1v) is 11.2. The zero-order valence-electron chi connectivity index (χ0n) is 15.1. The number of aromatic nitrogens is 1. The Morgan fingerprint density at radius 3 is 2.70 bits per heavy atom. The monoisotopic (exact) mass is 339 g/mol. The fraction of sp³-hybridized carbons (Fsp3) is 0.765. The summed E-state index contributed by atoms with van der Waals surface area (Å²) in [7, 11) is -0.348. The normalized spacial score (nSPS) is 22.3. The highest BCUT2D eigenvalue weighted by molar-refractivity contribution is 6.74. The van der Waals surface area contributed by atoms with Crippen molar-refractivity contribution < 1.29 is 18.4 Å². The van der Waals surface area contributed by atoms with Crippen LogP contribution in [-0.4, -0.2) is 26.4 Å². The van der Waals surface area contributed by atoms with Crippen LogP contribution >= 0.6 is 0 Å². The second-order valence-corrected chi connectivity index (χ2v) is 12.8. The zero-order chi connectivity index (χ0) is 17.3. The van der Waals surface area contributed by atoms with Gasteiger partial charge in [-0.25, -0.2) is 4.98 Å². The predicted octanol–water partition coefficient (Wildman–Crippen LogP) is 4.25. The molecule has 0 spiro atoms. The minimum absolute atomic E-state index is 0.0242. The molecule has 1 aromatic rings. The molecule has 1 aliphatic rings. The molecule has 6 heteroatoms. The van der Waals surface area contributed by atoms with Crippen molar-refractivity contribution in [3.63, 3.8) is 0 Å². The summed E-state index contributed by atoms with van der Waals surface area (Å²) in [4.78, 5) is 16.0. The van der Waals surface area contributed by atoms with Gasteiger partial charge in [0.05, 0.1) is 25.8 Å². The Morgan fingerprint density at radius 1 is 1.39 bits per heavy atom. The first-order chi connectivity index (χ1) is 10.6. The van der Waals surface area contributed by atoms with Gasteiger partial charge in [-0.15, -0.1) is 0 Å². The summed E-state index contributed by atoms with van der Waals surface area (Å²) in [5.41, 5.74) is 0. The first kappa shape index (κ1) is 18.2. The van der Waals surface area contributed by atoms with Crippen molar-refractivity contribution in [2.45, 2.75) is 70.7 Å². The molecule has 0 N–H and O–H groups in total. The number of carbonyl (C=O) groups is 1. The van der Waals surface area contributed by atoms with E-state index in [1.807, 2.05) is 0 Å². The lowest BCUT2D eigenvalue weighted by molar-refractivity contribution is -0.145. The number of esters is 1. The molecule has 2 atom stereocenters. The molecule has 1 aromatic heterocycles. The molecule has 1 saturated carbocycles. The quantitative estimate of drug-likeness (QED) is 0.593. The van der Waals surface area contributed by atoms with Crippen molar-refractivity contribution >= 4 is 14.3 Å². The highest BCUT2D eigenvalue weighted by Gasteiger charge is 2.38. The molecule has 5 nitrogen and oxygen atoms in total. The number of hydrogen-bond donors (Lipinski definition) is 0. The van der Waals surface area contributed by atoms with Crippen LogP contribution in [0.3, 0.4) is 0 Å². The van der Waals surface area contributed by atoms with E-state index >= 15 is 0 Å². The van der Waals surface area contributed by atoms with E-state index in [1.54, 1.807) is 6.20 Å². The molecule has 0 aromatic carbocycles. The van der Waals surface area contributed by atoms with Crippen LogP contribution < -0.4 is 0 Å². The van der Waals surface area contributed by atoms with Gasteiger partial charge in [0.25, 0.3) is 0 Å². The maximum absolute atomic E-state index is 11.6. The van der Waals surface area contributed by atoms with E-state index in [1.165, 1.54) is 7.11 Å². The third-order valence-electron chi connectivity index (χ3n) is 5.27. The van der Waals surface area contributed by atoms with Gasteiger partial charge in [0.1, 0.15) is 5.76 Å². The second kappa shape index (κ2) is 6.77. The number of hydrogen-bond acceptors (Lipinski definition) is 5. The summed E-state index contributed by atoms with van der Waals surface area (Å²) >= 11 is 0. The Morgan fingerprint density at radius 2 is 2.09 bits per heavy atom. The largest absolute Gasteiger partial charge is 0.469 e. The van der Waals surface area contributed by atoms with Gasteiger partial charge in [-0.3, -0.25) is 4.79 Å². The van der Waals surface area contributed by atoms with E-state index in [0.717, 1.165) is 30.9 Å². The van der Waals surface area contributed by atoms with E-state index in [2.05, 4.69) is 38.8 Å². The average molecular weight is 340 g/mol. The van der Waals surface area contributed by atoms with Crippen LogP contribution in [-0.2, 0) is 20.6 Å². The van der Waals surface area contributed by atoms with E-state index in [0.29, 0.717) is 6.61 Å². The van der Waals surface area contributed by atoms with Crippen LogP contribution in [0.1, 0.15) is 57.6 Å². The van der Waals surface area contributed by atoms with Crippen molar-refractivity contribution in [2.24, 2.45) is 5.92 Å². The van der Waals surface area contributed by atoms with Gasteiger partial charge in [0, 0.05) is 5.92 Å². The van der Waals surface area contributed by atoms with Gasteiger partial charge in [0.15, 0.2) is 14.2 Å². The summed E-state index contributed by atoms with van der Waals surface area (Å²) < 4.78 is 16.9. The van der Waals surface area contributed by atoms with Crippen LogP contribution in [0.5, 0.6) is 0 Å². The molecule has 0 amide bonds. The van der Waals surface area contributed by atoms with Crippen molar-refractivity contribution in [1.29, 1.82) is 0 Å². The van der Waals surface area contributed by atoms with Crippen LogP contribution in [0, 0.1) is 5.92 Å². The molecule has 1 heterocycles. The molecule has 2 unspecified atom stereocenters. The van der Waals surface area contributed by atoms with Crippen molar-refractivity contribution in [3.05, 3.63) is 17.8 Å². The molecular weight excluding hydrogens is 310 g/mol. The number of methoxy groups -OCH3 is 1. The van der Waals surface area contributed by atoms with E-state index in [9.17, 15) is 4.79 Å². The fourth-order valence-corrected chi connectivity index (χ4v) is 3.57. The first-order valence-electron chi connectivity index (χ1n) is 8.30. The van der Waals surface area contributed by atoms with Crippen LogP contribution in [0.2, 0.25) is 18.1 Å². The van der Waals surface area contributed by atoms with Crippen molar-refractivity contribution in [1.82, 2.24) is 4.98 Å². The molecule has 0 saturated heterocycles. The molecule has 23 heavy (non-hydrogen) atoms. The smallest absolute Gasteiger partial charge is 0.308 e. The number of rotatable bonds is 5. The summed E-state index contributed by atoms with van der Waals surface area (Å²) in [6.07, 6.45) is 4.28. The number of ether oxygens (including phenoxy) is 1. The summed E-state index contributed by atoms with van der Waals surface area (Å²) in [5.74, 6) is 1.56. The van der Waals surface area contributed by atoms with Gasteiger partial charge < -0.3 is 13.6 Å². The molecule has 2 rings (SSSR count). The Labute approximate surface area is 139 Å². The van der Waals surface area contributed by atoms with E-state index in [-0.39, 0.29) is 22.8 Å². The molecule has 130 valence electrons. The maximum Gasteiger partial charge on any atom is 0.308 e. The number of carbonyl (C=O) groups excluding carboxylic acids is 1. The molecule has 1 aliphatic carbocycles. The van der Waals surface area contributed by atoms with E-state index in [4.69, 9.17) is 13.6 Å². The lowest BCUT2D eigenvalue weighted by atomic mass is 10.1. The van der Waals surface area contributed by atoms with E-state index < -0.39 is 8.32 Å². The van der Waals surface area contributed by atoms with Gasteiger partial charge in [-0.2, -0.15) is 0 Å². The Hall–Kier alpha value is -1.14. The highest BCUT2D eigenvalue weighted by atomic mass is 28.4. The molecular formula is C17H29NO4Si. The molecule has 0 bridgehead atoms. The lowest BCUT2D eigenvalue weighted by Crippen LogP contribution is -2.40. The van der Waals surface area contributed by atoms with Crippen LogP contribution in [0.25, 0.3) is 0 Å². The van der Waals surface area contributed by atoms with Crippen LogP contribution in [0.4, 0.5) is 0 Å². The summed E-state index contributed by atoms with van der Waals surface area (Å²) in [5, 5.41) is 0.176. The zero-order valence-corrected chi connectivity index (χ0v) is 16.1. The summed E-state index contributed by atoms with van der Waals surface area (Å²) in [6, 6.07) is 0. The average Bonchev–Trinajstić information content (AvgIpc) is 3.11. The minimum atomic E-state index is -1.79. The second-order valence-electron chi connectivity index (χ2n) is 7.94. The fourth-order valence-electron chi connectivity index (χ4n) is 2.63. The third kappa shape index (κ3) is 4.23. The standard InChI is InChI=1S/C17H29NO4Si/c1-17(2,3)23(5,6)21-11-14-10-18-15(22-14)12-7-8-13(9-12)16(19)20-4/h10,12-13H,7-9,11H2,1-6H3.